The SMILES string of the molecule is COc1ccc(S(=O)(=O)N(C)CC(=O)NCc2ccc(S(=O)(=O)N3CCOCC3)cc2)cc1Cl. The molecule has 2 aromatic carbocycles. The molecular weight excluding hydrogens is 506 g/mol. The number of carbonyl (C=O) groups excluding carboxylic acids is 1. The molecule has 186 valence electrons. The second-order valence-electron chi connectivity index (χ2n) is 7.49. The average molecular weight is 532 g/mol. The number of amides is 1. The normalized spacial score (nSPS) is 15.3. The number of likely N-dealkylation sites (N-methyl/N-ethyl adjacent to an activating group) is 1. The Hall–Kier alpha value is -2.22. The molecule has 1 heterocycles. The molecule has 0 aromatic heterocycles. The molecule has 0 unspecified atom stereocenters. The predicted molar refractivity (Wildman–Crippen MR) is 126 cm³/mol. The number of halogens is 1. The number of benzene rings is 2. The highest BCUT2D eigenvalue weighted by molar-refractivity contribution is 7.89. The standard InChI is InChI=1S/C21H26ClN3O7S2/c1-24(33(27,28)18-7-8-20(31-2)19(22)13-18)15-21(26)23-14-16-3-5-17(6-4-16)34(29,30)25-9-11-32-12-10-25/h3-8,13H,9-12,14-15H2,1-2H3,(H,23,26). The third-order valence-corrected chi connectivity index (χ3v) is 9.23. The number of hydrogen-bond donors (Lipinski definition) is 1. The van der Waals surface area contributed by atoms with Crippen LogP contribution in [0.3, 0.4) is 0 Å². The summed E-state index contributed by atoms with van der Waals surface area (Å²) in [5, 5.41) is 2.78. The predicted octanol–water partition coefficient (Wildman–Crippen LogP) is 1.31. The van der Waals surface area contributed by atoms with Crippen LogP contribution in [0.15, 0.2) is 52.3 Å². The quantitative estimate of drug-likeness (QED) is 0.517. The third-order valence-electron chi connectivity index (χ3n) is 5.22. The van der Waals surface area contributed by atoms with Crippen molar-refractivity contribution in [3.8, 4) is 5.75 Å². The number of ether oxygens (including phenoxy) is 2. The van der Waals surface area contributed by atoms with Gasteiger partial charge in [-0.15, -0.1) is 0 Å². The molecule has 1 aliphatic heterocycles. The molecule has 1 saturated heterocycles. The fourth-order valence-electron chi connectivity index (χ4n) is 3.25. The van der Waals surface area contributed by atoms with Crippen LogP contribution < -0.4 is 10.1 Å². The van der Waals surface area contributed by atoms with Gasteiger partial charge in [-0.25, -0.2) is 16.8 Å². The first-order chi connectivity index (χ1) is 16.1. The van der Waals surface area contributed by atoms with E-state index in [-0.39, 0.29) is 21.4 Å². The van der Waals surface area contributed by atoms with Crippen molar-refractivity contribution in [3.05, 3.63) is 53.1 Å². The maximum atomic E-state index is 12.7. The first-order valence-electron chi connectivity index (χ1n) is 10.3. The molecule has 0 bridgehead atoms. The number of morpholine rings is 1. The largest absolute Gasteiger partial charge is 0.495 e. The smallest absolute Gasteiger partial charge is 0.243 e. The van der Waals surface area contributed by atoms with Gasteiger partial charge in [-0.2, -0.15) is 8.61 Å². The van der Waals surface area contributed by atoms with E-state index in [2.05, 4.69) is 5.32 Å². The molecule has 3 rings (SSSR count). The molecule has 0 saturated carbocycles. The van der Waals surface area contributed by atoms with E-state index in [0.29, 0.717) is 37.6 Å². The molecule has 1 amide bonds. The molecule has 0 spiro atoms. The first-order valence-corrected chi connectivity index (χ1v) is 13.5. The molecule has 0 radical (unpaired) electrons. The van der Waals surface area contributed by atoms with Crippen molar-refractivity contribution in [2.45, 2.75) is 16.3 Å². The molecule has 1 N–H and O–H groups in total. The van der Waals surface area contributed by atoms with Gasteiger partial charge in [-0.05, 0) is 35.9 Å². The van der Waals surface area contributed by atoms with Crippen LogP contribution in [0.25, 0.3) is 0 Å². The summed E-state index contributed by atoms with van der Waals surface area (Å²) in [6, 6.07) is 10.2. The van der Waals surface area contributed by atoms with Gasteiger partial charge in [0.2, 0.25) is 26.0 Å². The number of rotatable bonds is 9. The van der Waals surface area contributed by atoms with Gasteiger partial charge < -0.3 is 14.8 Å². The fraction of sp³-hybridized carbons (Fsp3) is 0.381. The first kappa shape index (κ1) is 26.4. The summed E-state index contributed by atoms with van der Waals surface area (Å²) in [5.41, 5.74) is 0.668. The highest BCUT2D eigenvalue weighted by Crippen LogP contribution is 2.28. The van der Waals surface area contributed by atoms with Gasteiger partial charge >= 0.3 is 0 Å². The van der Waals surface area contributed by atoms with Crippen molar-refractivity contribution >= 4 is 37.6 Å². The summed E-state index contributed by atoms with van der Waals surface area (Å²) in [6.07, 6.45) is 0. The summed E-state index contributed by atoms with van der Waals surface area (Å²) in [7, 11) is -4.84. The highest BCUT2D eigenvalue weighted by Gasteiger charge is 2.26. The Morgan fingerprint density at radius 2 is 1.71 bits per heavy atom. The zero-order chi connectivity index (χ0) is 24.9. The zero-order valence-corrected chi connectivity index (χ0v) is 21.1. The van der Waals surface area contributed by atoms with E-state index in [1.807, 2.05) is 0 Å². The Labute approximate surface area is 204 Å². The number of nitrogens with zero attached hydrogens (tertiary/aromatic N) is 2. The van der Waals surface area contributed by atoms with E-state index in [1.165, 1.54) is 48.8 Å². The Bertz CT molecular complexity index is 1230. The lowest BCUT2D eigenvalue weighted by molar-refractivity contribution is -0.121. The number of hydrogen-bond acceptors (Lipinski definition) is 7. The Morgan fingerprint density at radius 1 is 1.09 bits per heavy atom. The van der Waals surface area contributed by atoms with E-state index < -0.39 is 32.5 Å². The lowest BCUT2D eigenvalue weighted by atomic mass is 10.2. The van der Waals surface area contributed by atoms with Gasteiger partial charge in [-0.3, -0.25) is 4.79 Å². The Balaban J connectivity index is 1.57. The van der Waals surface area contributed by atoms with Crippen molar-refractivity contribution in [1.82, 2.24) is 13.9 Å². The van der Waals surface area contributed by atoms with Crippen LogP contribution >= 0.6 is 11.6 Å². The fourth-order valence-corrected chi connectivity index (χ4v) is 6.13. The zero-order valence-electron chi connectivity index (χ0n) is 18.7. The van der Waals surface area contributed by atoms with Crippen LogP contribution in [0.4, 0.5) is 0 Å². The summed E-state index contributed by atoms with van der Waals surface area (Å²) in [5.74, 6) is -0.180. The van der Waals surface area contributed by atoms with Crippen LogP contribution in [0, 0.1) is 0 Å². The number of sulfonamides is 2. The van der Waals surface area contributed by atoms with Gasteiger partial charge in [0.1, 0.15) is 5.75 Å². The van der Waals surface area contributed by atoms with Crippen molar-refractivity contribution in [3.63, 3.8) is 0 Å². The molecule has 10 nitrogen and oxygen atoms in total. The van der Waals surface area contributed by atoms with E-state index in [1.54, 1.807) is 12.1 Å². The van der Waals surface area contributed by atoms with E-state index in [9.17, 15) is 21.6 Å². The molecule has 0 aliphatic carbocycles. The average Bonchev–Trinajstić information content (AvgIpc) is 2.83. The van der Waals surface area contributed by atoms with Gasteiger partial charge in [0.25, 0.3) is 0 Å². The van der Waals surface area contributed by atoms with Gasteiger partial charge in [0, 0.05) is 26.7 Å². The van der Waals surface area contributed by atoms with Crippen molar-refractivity contribution in [2.75, 3.05) is 47.0 Å². The maximum Gasteiger partial charge on any atom is 0.243 e. The Morgan fingerprint density at radius 3 is 2.29 bits per heavy atom. The van der Waals surface area contributed by atoms with Crippen molar-refractivity contribution < 1.29 is 31.1 Å². The second-order valence-corrected chi connectivity index (χ2v) is 11.9. The number of methoxy groups -OCH3 is 1. The minimum atomic E-state index is -3.94. The van der Waals surface area contributed by atoms with Gasteiger partial charge in [0.05, 0.1) is 41.7 Å². The Kier molecular flexibility index (Phi) is 8.55. The highest BCUT2D eigenvalue weighted by atomic mass is 35.5. The van der Waals surface area contributed by atoms with Crippen LogP contribution in [0.2, 0.25) is 5.02 Å². The van der Waals surface area contributed by atoms with Crippen LogP contribution in [0.1, 0.15) is 5.56 Å². The van der Waals surface area contributed by atoms with Crippen molar-refractivity contribution in [1.29, 1.82) is 0 Å². The lowest BCUT2D eigenvalue weighted by Crippen LogP contribution is -2.40. The molecular formula is C21H26ClN3O7S2. The molecule has 1 fully saturated rings. The van der Waals surface area contributed by atoms with Crippen LogP contribution in [0.5, 0.6) is 5.75 Å². The maximum absolute atomic E-state index is 12.7. The topological polar surface area (TPSA) is 122 Å². The summed E-state index contributed by atoms with van der Waals surface area (Å²) < 4.78 is 63.3. The van der Waals surface area contributed by atoms with Gasteiger partial charge in [-0.1, -0.05) is 23.7 Å². The van der Waals surface area contributed by atoms with Crippen molar-refractivity contribution in [2.24, 2.45) is 0 Å². The summed E-state index contributed by atoms with van der Waals surface area (Å²) in [4.78, 5) is 12.4. The number of carbonyl (C=O) groups is 1. The summed E-state index contributed by atoms with van der Waals surface area (Å²) in [6.45, 7) is 1.03. The summed E-state index contributed by atoms with van der Waals surface area (Å²) >= 11 is 6.01. The van der Waals surface area contributed by atoms with Crippen LogP contribution in [-0.4, -0.2) is 78.4 Å². The van der Waals surface area contributed by atoms with E-state index in [4.69, 9.17) is 21.1 Å². The van der Waals surface area contributed by atoms with E-state index in [0.717, 1.165) is 4.31 Å². The molecule has 0 atom stereocenters. The van der Waals surface area contributed by atoms with Gasteiger partial charge in [0.15, 0.2) is 0 Å². The lowest BCUT2D eigenvalue weighted by Gasteiger charge is -2.26. The van der Waals surface area contributed by atoms with Crippen LogP contribution in [-0.2, 0) is 36.1 Å². The third kappa shape index (κ3) is 6.06. The monoisotopic (exact) mass is 531 g/mol. The molecule has 34 heavy (non-hydrogen) atoms. The minimum absolute atomic E-state index is 0.0642. The minimum Gasteiger partial charge on any atom is -0.495 e. The molecule has 2 aromatic rings. The van der Waals surface area contributed by atoms with E-state index >= 15 is 0 Å². The number of nitrogens with one attached hydrogen (secondary N) is 1. The second kappa shape index (κ2) is 11.0. The molecule has 13 heteroatoms. The molecule has 1 aliphatic rings.